The highest BCUT2D eigenvalue weighted by Gasteiger charge is 2.42. The molecule has 18 heavy (non-hydrogen) atoms. The third-order valence-corrected chi connectivity index (χ3v) is 1.95. The largest absolute Gasteiger partial charge is 0.472 e. The van der Waals surface area contributed by atoms with Gasteiger partial charge in [0.2, 0.25) is 0 Å². The van der Waals surface area contributed by atoms with Gasteiger partial charge in [0, 0.05) is 11.9 Å². The standard InChI is InChI=1S/C12H10F3NO2/c1-9(17)7-8-16(11(18)12(13,14)15)10-5-3-2-4-6-10/h2-8H,1H3/b8-7+. The van der Waals surface area contributed by atoms with Gasteiger partial charge in [-0.2, -0.15) is 13.2 Å². The quantitative estimate of drug-likeness (QED) is 0.781. The molecule has 0 heterocycles. The Morgan fingerprint density at radius 2 is 1.72 bits per heavy atom. The first kappa shape index (κ1) is 14.0. The fourth-order valence-corrected chi connectivity index (χ4v) is 1.18. The predicted octanol–water partition coefficient (Wildman–Crippen LogP) is 2.68. The Morgan fingerprint density at radius 1 is 1.17 bits per heavy atom. The lowest BCUT2D eigenvalue weighted by Crippen LogP contribution is -2.37. The Morgan fingerprint density at radius 3 is 2.17 bits per heavy atom. The minimum atomic E-state index is -5.00. The molecule has 0 bridgehead atoms. The summed E-state index contributed by atoms with van der Waals surface area (Å²) in [6, 6.07) is 7.28. The number of benzene rings is 1. The number of hydrogen-bond acceptors (Lipinski definition) is 2. The lowest BCUT2D eigenvalue weighted by molar-refractivity contribution is -0.169. The van der Waals surface area contributed by atoms with Crippen LogP contribution in [0.15, 0.2) is 42.6 Å². The summed E-state index contributed by atoms with van der Waals surface area (Å²) in [6.45, 7) is 1.18. The van der Waals surface area contributed by atoms with E-state index < -0.39 is 17.9 Å². The average Bonchev–Trinajstić information content (AvgIpc) is 2.29. The number of anilines is 1. The van der Waals surface area contributed by atoms with Crippen molar-refractivity contribution in [3.63, 3.8) is 0 Å². The zero-order valence-corrected chi connectivity index (χ0v) is 9.44. The number of carbonyl (C=O) groups is 2. The Bertz CT molecular complexity index is 466. The number of hydrogen-bond donors (Lipinski definition) is 0. The van der Waals surface area contributed by atoms with Gasteiger partial charge in [-0.25, -0.2) is 0 Å². The highest BCUT2D eigenvalue weighted by Crippen LogP contribution is 2.23. The van der Waals surface area contributed by atoms with Gasteiger partial charge in [0.1, 0.15) is 0 Å². The molecule has 0 unspecified atom stereocenters. The zero-order chi connectivity index (χ0) is 13.8. The molecule has 0 radical (unpaired) electrons. The molecule has 0 atom stereocenters. The minimum Gasteiger partial charge on any atom is -0.295 e. The van der Waals surface area contributed by atoms with Gasteiger partial charge in [0.15, 0.2) is 5.78 Å². The van der Waals surface area contributed by atoms with Gasteiger partial charge in [0.05, 0.1) is 0 Å². The molecule has 6 heteroatoms. The van der Waals surface area contributed by atoms with Crippen LogP contribution in [-0.4, -0.2) is 17.9 Å². The normalized spacial score (nSPS) is 11.6. The molecule has 0 N–H and O–H groups in total. The summed E-state index contributed by atoms with van der Waals surface area (Å²) in [5.41, 5.74) is 0.0392. The van der Waals surface area contributed by atoms with Crippen molar-refractivity contribution in [2.24, 2.45) is 0 Å². The van der Waals surface area contributed by atoms with Crippen LogP contribution in [0, 0.1) is 0 Å². The Kier molecular flexibility index (Phi) is 4.25. The number of carbonyl (C=O) groups excluding carboxylic acids is 2. The van der Waals surface area contributed by atoms with Crippen LogP contribution in [0.1, 0.15) is 6.92 Å². The number of ketones is 1. The molecular formula is C12H10F3NO2. The molecule has 1 rings (SSSR count). The first-order valence-electron chi connectivity index (χ1n) is 4.96. The van der Waals surface area contributed by atoms with E-state index in [1.807, 2.05) is 0 Å². The van der Waals surface area contributed by atoms with Crippen molar-refractivity contribution < 1.29 is 22.8 Å². The lowest BCUT2D eigenvalue weighted by Gasteiger charge is -2.19. The topological polar surface area (TPSA) is 37.4 Å². The van der Waals surface area contributed by atoms with Gasteiger partial charge >= 0.3 is 12.1 Å². The fraction of sp³-hybridized carbons (Fsp3) is 0.167. The van der Waals surface area contributed by atoms with Crippen molar-refractivity contribution in [2.75, 3.05) is 4.90 Å². The van der Waals surface area contributed by atoms with E-state index >= 15 is 0 Å². The highest BCUT2D eigenvalue weighted by atomic mass is 19.4. The smallest absolute Gasteiger partial charge is 0.295 e. The fourth-order valence-electron chi connectivity index (χ4n) is 1.18. The maximum absolute atomic E-state index is 12.4. The van der Waals surface area contributed by atoms with Crippen LogP contribution in [0.5, 0.6) is 0 Å². The van der Waals surface area contributed by atoms with Crippen LogP contribution in [0.4, 0.5) is 18.9 Å². The number of nitrogens with zero attached hydrogens (tertiary/aromatic N) is 1. The summed E-state index contributed by atoms with van der Waals surface area (Å²) < 4.78 is 37.2. The predicted molar refractivity (Wildman–Crippen MR) is 59.8 cm³/mol. The van der Waals surface area contributed by atoms with Crippen LogP contribution in [0.2, 0.25) is 0 Å². The number of allylic oxidation sites excluding steroid dienone is 1. The summed E-state index contributed by atoms with van der Waals surface area (Å²) in [5, 5.41) is 0. The van der Waals surface area contributed by atoms with E-state index in [9.17, 15) is 22.8 Å². The van der Waals surface area contributed by atoms with Crippen molar-refractivity contribution in [1.82, 2.24) is 0 Å². The molecule has 0 saturated carbocycles. The number of alkyl halides is 3. The summed E-state index contributed by atoms with van der Waals surface area (Å²) in [6.07, 6.45) is -3.29. The lowest BCUT2D eigenvalue weighted by atomic mass is 10.3. The summed E-state index contributed by atoms with van der Waals surface area (Å²) in [5.74, 6) is -2.50. The summed E-state index contributed by atoms with van der Waals surface area (Å²) >= 11 is 0. The molecule has 0 aliphatic carbocycles. The van der Waals surface area contributed by atoms with E-state index in [-0.39, 0.29) is 5.69 Å². The average molecular weight is 257 g/mol. The number of amides is 1. The first-order valence-corrected chi connectivity index (χ1v) is 4.96. The Hall–Kier alpha value is -2.11. The van der Waals surface area contributed by atoms with Gasteiger partial charge in [-0.15, -0.1) is 0 Å². The molecule has 0 fully saturated rings. The van der Waals surface area contributed by atoms with E-state index in [0.717, 1.165) is 12.3 Å². The molecule has 1 aromatic carbocycles. The van der Waals surface area contributed by atoms with Gasteiger partial charge < -0.3 is 0 Å². The monoisotopic (exact) mass is 257 g/mol. The van der Waals surface area contributed by atoms with Gasteiger partial charge in [-0.3, -0.25) is 14.5 Å². The van der Waals surface area contributed by atoms with Crippen molar-refractivity contribution in [3.8, 4) is 0 Å². The van der Waals surface area contributed by atoms with Crippen molar-refractivity contribution in [1.29, 1.82) is 0 Å². The maximum Gasteiger partial charge on any atom is 0.472 e. The molecule has 0 spiro atoms. The van der Waals surface area contributed by atoms with Gasteiger partial charge in [-0.05, 0) is 25.1 Å². The molecule has 1 aromatic rings. The molecule has 0 aliphatic rings. The van der Waals surface area contributed by atoms with Gasteiger partial charge in [-0.1, -0.05) is 18.2 Å². The molecule has 1 amide bonds. The zero-order valence-electron chi connectivity index (χ0n) is 9.44. The summed E-state index contributed by atoms with van der Waals surface area (Å²) in [4.78, 5) is 22.4. The first-order chi connectivity index (χ1) is 8.32. The van der Waals surface area contributed by atoms with Crippen molar-refractivity contribution in [2.45, 2.75) is 13.1 Å². The third kappa shape index (κ3) is 3.73. The van der Waals surface area contributed by atoms with Crippen molar-refractivity contribution in [3.05, 3.63) is 42.6 Å². The van der Waals surface area contributed by atoms with Crippen molar-refractivity contribution >= 4 is 17.4 Å². The van der Waals surface area contributed by atoms with Gasteiger partial charge in [0.25, 0.3) is 0 Å². The van der Waals surface area contributed by atoms with Crippen LogP contribution < -0.4 is 4.90 Å². The number of rotatable bonds is 3. The molecule has 0 aromatic heterocycles. The number of para-hydroxylation sites is 1. The molecular weight excluding hydrogens is 247 g/mol. The molecule has 3 nitrogen and oxygen atoms in total. The van der Waals surface area contributed by atoms with E-state index in [0.29, 0.717) is 4.90 Å². The molecule has 96 valence electrons. The van der Waals surface area contributed by atoms with E-state index in [2.05, 4.69) is 0 Å². The minimum absolute atomic E-state index is 0.0392. The second kappa shape index (κ2) is 5.48. The second-order valence-corrected chi connectivity index (χ2v) is 3.43. The van der Waals surface area contributed by atoms with Crippen LogP contribution in [-0.2, 0) is 9.59 Å². The van der Waals surface area contributed by atoms with Crippen LogP contribution in [0.3, 0.4) is 0 Å². The third-order valence-electron chi connectivity index (χ3n) is 1.95. The SMILES string of the molecule is CC(=O)/C=C/N(C(=O)C(F)(F)F)c1ccccc1. The van der Waals surface area contributed by atoms with Crippen LogP contribution in [0.25, 0.3) is 0 Å². The van der Waals surface area contributed by atoms with Crippen LogP contribution >= 0.6 is 0 Å². The summed E-state index contributed by atoms with van der Waals surface area (Å²) in [7, 11) is 0. The van der Waals surface area contributed by atoms with E-state index in [1.165, 1.54) is 31.2 Å². The van der Waals surface area contributed by atoms with E-state index in [1.54, 1.807) is 6.07 Å². The number of halogens is 3. The maximum atomic E-state index is 12.4. The highest BCUT2D eigenvalue weighted by molar-refractivity contribution is 6.00. The molecule has 0 saturated heterocycles. The second-order valence-electron chi connectivity index (χ2n) is 3.43. The molecule has 0 aliphatic heterocycles. The Balaban J connectivity index is 3.12. The van der Waals surface area contributed by atoms with E-state index in [4.69, 9.17) is 0 Å². The Labute approximate surface area is 102 Å².